The van der Waals surface area contributed by atoms with Gasteiger partial charge in [0.05, 0.1) is 13.0 Å². The molecule has 3 amide bonds. The normalized spacial score (nSPS) is 18.8. The van der Waals surface area contributed by atoms with Crippen molar-refractivity contribution in [3.8, 4) is 0 Å². The number of thiazole rings is 1. The SMILES string of the molecule is Cn1cnnc1SCSC1(C(=O)OC(c2ccccc2)c2ccccc2)CN2C(=O)C[C@H]2[S+]([O-])C1NC(=O)C(=NOC(c1ccccc1)(c1ccccc1)c1ccccc1)c1csc(NC(=O)OC(C)(C)C)n1. The molecule has 2 aliphatic rings. The van der Waals surface area contributed by atoms with Gasteiger partial charge in [0, 0.05) is 34.2 Å². The predicted octanol–water partition coefficient (Wildman–Crippen LogP) is 8.65. The van der Waals surface area contributed by atoms with Gasteiger partial charge in [-0.15, -0.1) is 33.3 Å². The Kier molecular flexibility index (Phi) is 15.4. The lowest BCUT2D eigenvalue weighted by molar-refractivity contribution is -0.155. The highest BCUT2D eigenvalue weighted by Crippen LogP contribution is 2.48. The maximum atomic E-state index is 15.6. The van der Waals surface area contributed by atoms with Crippen LogP contribution in [-0.4, -0.2) is 91.5 Å². The van der Waals surface area contributed by atoms with E-state index >= 15 is 14.1 Å². The molecule has 7 aromatic rings. The zero-order valence-electron chi connectivity index (χ0n) is 40.0. The molecule has 2 fully saturated rings. The number of fused-ring (bicyclic) bond motifs is 1. The highest BCUT2D eigenvalue weighted by Gasteiger charge is 2.67. The van der Waals surface area contributed by atoms with Crippen molar-refractivity contribution < 1.29 is 38.0 Å². The molecular weight excluding hydrogens is 1000 g/mol. The van der Waals surface area contributed by atoms with E-state index < -0.39 is 61.9 Å². The predicted molar refractivity (Wildman–Crippen MR) is 282 cm³/mol. The summed E-state index contributed by atoms with van der Waals surface area (Å²) in [5, 5.41) is 18.5. The Bertz CT molecular complexity index is 2940. The number of esters is 1. The molecule has 2 saturated heterocycles. The summed E-state index contributed by atoms with van der Waals surface area (Å²) in [4.78, 5) is 70.5. The third kappa shape index (κ3) is 11.0. The molecule has 4 atom stereocenters. The van der Waals surface area contributed by atoms with Crippen molar-refractivity contribution in [1.82, 2.24) is 30.0 Å². The van der Waals surface area contributed by atoms with Crippen LogP contribution in [0.25, 0.3) is 0 Å². The van der Waals surface area contributed by atoms with Crippen LogP contribution in [0.15, 0.2) is 174 Å². The average Bonchev–Trinajstić information content (AvgIpc) is 4.04. The van der Waals surface area contributed by atoms with Crippen molar-refractivity contribution >= 4 is 80.8 Å². The number of carbonyl (C=O) groups excluding carboxylic acids is 4. The molecule has 0 saturated carbocycles. The van der Waals surface area contributed by atoms with Gasteiger partial charge < -0.3 is 28.7 Å². The van der Waals surface area contributed by atoms with E-state index in [0.29, 0.717) is 33.0 Å². The molecule has 2 N–H and O–H groups in total. The van der Waals surface area contributed by atoms with Crippen LogP contribution < -0.4 is 10.6 Å². The van der Waals surface area contributed by atoms with Gasteiger partial charge in [-0.3, -0.25) is 24.6 Å². The van der Waals surface area contributed by atoms with Crippen LogP contribution in [0.4, 0.5) is 9.93 Å². The van der Waals surface area contributed by atoms with E-state index in [-0.39, 0.29) is 40.5 Å². The summed E-state index contributed by atoms with van der Waals surface area (Å²) in [6.45, 7) is 4.93. The minimum atomic E-state index is -2.12. The Morgan fingerprint density at radius 3 is 1.92 bits per heavy atom. The van der Waals surface area contributed by atoms with Gasteiger partial charge in [-0.25, -0.2) is 9.78 Å². The van der Waals surface area contributed by atoms with Crippen molar-refractivity contribution in [2.75, 3.05) is 16.9 Å². The van der Waals surface area contributed by atoms with Gasteiger partial charge in [0.25, 0.3) is 5.91 Å². The van der Waals surface area contributed by atoms with Gasteiger partial charge in [0.15, 0.2) is 26.9 Å². The van der Waals surface area contributed by atoms with Gasteiger partial charge >= 0.3 is 12.1 Å². The molecule has 0 aliphatic carbocycles. The van der Waals surface area contributed by atoms with Crippen LogP contribution in [-0.2, 0) is 52.5 Å². The summed E-state index contributed by atoms with van der Waals surface area (Å²) in [7, 11) is 1.78. The first-order valence-electron chi connectivity index (χ1n) is 23.1. The number of benzene rings is 5. The van der Waals surface area contributed by atoms with Crippen LogP contribution in [0.5, 0.6) is 0 Å². The number of hydrogen-bond acceptors (Lipinski definition) is 15. The van der Waals surface area contributed by atoms with E-state index in [9.17, 15) is 9.59 Å². The zero-order chi connectivity index (χ0) is 51.2. The number of carbonyl (C=O) groups is 4. The fourth-order valence-electron chi connectivity index (χ4n) is 8.42. The number of oxime groups is 1. The largest absolute Gasteiger partial charge is 0.613 e. The molecule has 4 heterocycles. The van der Waals surface area contributed by atoms with Crippen LogP contribution in [0, 0.1) is 0 Å². The summed E-state index contributed by atoms with van der Waals surface area (Å²) in [6, 6.07) is 46.6. The van der Waals surface area contributed by atoms with E-state index in [1.54, 1.807) is 38.7 Å². The smallest absolute Gasteiger partial charge is 0.413 e. The number of rotatable bonds is 17. The number of β-lactam (4-membered cyclic amide) rings is 1. The second-order valence-corrected chi connectivity index (χ2v) is 23.1. The van der Waals surface area contributed by atoms with E-state index in [2.05, 4.69) is 25.8 Å². The quantitative estimate of drug-likeness (QED) is 0.0128. The molecule has 3 unspecified atom stereocenters. The number of nitrogens with zero attached hydrogens (tertiary/aromatic N) is 6. The lowest BCUT2D eigenvalue weighted by Gasteiger charge is -2.53. The highest BCUT2D eigenvalue weighted by atomic mass is 32.2. The van der Waals surface area contributed by atoms with Crippen molar-refractivity contribution in [1.29, 1.82) is 0 Å². The molecule has 20 heteroatoms. The number of ether oxygens (including phenoxy) is 2. The molecule has 2 aliphatic heterocycles. The first kappa shape index (κ1) is 51.0. The second kappa shape index (κ2) is 22.0. The summed E-state index contributed by atoms with van der Waals surface area (Å²) in [6.07, 6.45) is -0.235. The minimum absolute atomic E-state index is 0.0226. The number of aryl methyl sites for hydroxylation is 1. The molecule has 73 heavy (non-hydrogen) atoms. The number of aromatic nitrogens is 4. The lowest BCUT2D eigenvalue weighted by atomic mass is 9.80. The average molecular weight is 1060 g/mol. The van der Waals surface area contributed by atoms with Crippen LogP contribution in [0.1, 0.15) is 66.8 Å². The molecule has 16 nitrogen and oxygen atoms in total. The Balaban J connectivity index is 1.17. The van der Waals surface area contributed by atoms with E-state index in [0.717, 1.165) is 23.1 Å². The molecule has 0 spiro atoms. The molecular formula is C53H50N8O8S4. The number of nitrogens with one attached hydrogen (secondary N) is 2. The Labute approximate surface area is 437 Å². The van der Waals surface area contributed by atoms with Gasteiger partial charge in [0.1, 0.15) is 17.6 Å². The molecule has 0 bridgehead atoms. The molecule has 5 aromatic carbocycles. The number of thioether (sulfide) groups is 2. The third-order valence-electron chi connectivity index (χ3n) is 11.9. The Hall–Kier alpha value is -6.97. The Morgan fingerprint density at radius 1 is 0.863 bits per heavy atom. The van der Waals surface area contributed by atoms with E-state index in [1.165, 1.54) is 22.0 Å². The number of amides is 3. The summed E-state index contributed by atoms with van der Waals surface area (Å²) < 4.78 is 27.1. The van der Waals surface area contributed by atoms with Crippen molar-refractivity contribution in [3.05, 3.63) is 197 Å². The maximum Gasteiger partial charge on any atom is 0.413 e. The topological polar surface area (TPSA) is 202 Å². The van der Waals surface area contributed by atoms with Gasteiger partial charge in [-0.1, -0.05) is 169 Å². The lowest BCUT2D eigenvalue weighted by Crippen LogP contribution is -2.76. The standard InChI is InChI=1S/C53H50N8O8S4/c1-51(2,3)68-50(65)57-48-55-40(31-70-48)43(59-69-53(37-24-14-7-15-25-37,38-26-16-8-17-27-38)39-28-18-9-19-29-39)45(63)56-46-52(32-61-41(62)30-42(61)73(46)66,72-34-71-49-58-54-33-60(49)4)47(64)67-44(35-20-10-5-11-21-35)36-22-12-6-13-23-36/h5-29,31,33,42,44,46H,30,32,34H2,1-4H3,(H,56,63)(H,55,57,65)/t42-,46?,52?,73?/m1/s1. The van der Waals surface area contributed by atoms with Crippen molar-refractivity contribution in [3.63, 3.8) is 0 Å². The summed E-state index contributed by atoms with van der Waals surface area (Å²) in [5.41, 5.74) is 0.665. The Morgan fingerprint density at radius 2 is 1.41 bits per heavy atom. The van der Waals surface area contributed by atoms with Crippen molar-refractivity contribution in [2.45, 2.75) is 65.1 Å². The highest BCUT2D eigenvalue weighted by molar-refractivity contribution is 8.17. The number of anilines is 1. The minimum Gasteiger partial charge on any atom is -0.613 e. The fraction of sp³-hybridized carbons (Fsp3) is 0.245. The van der Waals surface area contributed by atoms with E-state index in [4.69, 9.17) is 19.5 Å². The molecule has 374 valence electrons. The second-order valence-electron chi connectivity index (χ2n) is 18.0. The molecule has 9 rings (SSSR count). The van der Waals surface area contributed by atoms with Crippen LogP contribution in [0.3, 0.4) is 0 Å². The summed E-state index contributed by atoms with van der Waals surface area (Å²) in [5.74, 6) is -2.04. The number of hydrogen-bond donors (Lipinski definition) is 2. The van der Waals surface area contributed by atoms with Gasteiger partial charge in [-0.2, -0.15) is 0 Å². The first-order valence-corrected chi connectivity index (χ1v) is 27.2. The van der Waals surface area contributed by atoms with Crippen LogP contribution >= 0.6 is 34.9 Å². The maximum absolute atomic E-state index is 15.6. The fourth-order valence-corrected chi connectivity index (χ4v) is 13.9. The third-order valence-corrected chi connectivity index (χ3v) is 17.4. The summed E-state index contributed by atoms with van der Waals surface area (Å²) >= 11 is 1.24. The first-order chi connectivity index (χ1) is 35.3. The van der Waals surface area contributed by atoms with Crippen molar-refractivity contribution in [2.24, 2.45) is 12.2 Å². The van der Waals surface area contributed by atoms with Crippen LogP contribution in [0.2, 0.25) is 0 Å². The van der Waals surface area contributed by atoms with Gasteiger partial charge in [0.2, 0.25) is 22.3 Å². The zero-order valence-corrected chi connectivity index (χ0v) is 43.3. The van der Waals surface area contributed by atoms with Gasteiger partial charge in [-0.05, 0) is 43.1 Å². The molecule has 2 aromatic heterocycles. The molecule has 0 radical (unpaired) electrons. The monoisotopic (exact) mass is 1050 g/mol. The van der Waals surface area contributed by atoms with E-state index in [1.807, 2.05) is 152 Å².